The van der Waals surface area contributed by atoms with Gasteiger partial charge in [0.05, 0.1) is 5.69 Å². The number of rotatable bonds is 4. The number of thiazole rings is 1. The SMILES string of the molecule is CNCc1nc(CN2CCCC(C(C)(C)C)CC2)cs1. The van der Waals surface area contributed by atoms with Crippen LogP contribution in [0.3, 0.4) is 0 Å². The van der Waals surface area contributed by atoms with Gasteiger partial charge in [0, 0.05) is 18.5 Å². The zero-order valence-electron chi connectivity index (χ0n) is 13.4. The van der Waals surface area contributed by atoms with Crippen LogP contribution in [0.25, 0.3) is 0 Å². The Kier molecular flexibility index (Phi) is 5.58. The summed E-state index contributed by atoms with van der Waals surface area (Å²) in [4.78, 5) is 7.29. The number of hydrogen-bond acceptors (Lipinski definition) is 4. The maximum atomic E-state index is 4.71. The smallest absolute Gasteiger partial charge is 0.107 e. The molecule has 0 radical (unpaired) electrons. The van der Waals surface area contributed by atoms with Crippen molar-refractivity contribution >= 4 is 11.3 Å². The molecule has 1 aliphatic heterocycles. The first kappa shape index (κ1) is 15.9. The summed E-state index contributed by atoms with van der Waals surface area (Å²) in [6.07, 6.45) is 4.04. The molecular weight excluding hydrogens is 266 g/mol. The van der Waals surface area contributed by atoms with E-state index in [0.717, 1.165) is 19.0 Å². The van der Waals surface area contributed by atoms with Crippen LogP contribution in [0, 0.1) is 11.3 Å². The fourth-order valence-corrected chi connectivity index (χ4v) is 3.86. The average molecular weight is 295 g/mol. The van der Waals surface area contributed by atoms with E-state index in [1.807, 2.05) is 7.05 Å². The molecule has 1 aromatic heterocycles. The molecule has 1 aromatic rings. The van der Waals surface area contributed by atoms with Gasteiger partial charge in [-0.25, -0.2) is 4.98 Å². The van der Waals surface area contributed by atoms with E-state index in [-0.39, 0.29) is 0 Å². The minimum absolute atomic E-state index is 0.455. The molecule has 0 aromatic carbocycles. The molecule has 1 N–H and O–H groups in total. The Morgan fingerprint density at radius 1 is 1.35 bits per heavy atom. The van der Waals surface area contributed by atoms with Crippen LogP contribution < -0.4 is 5.32 Å². The summed E-state index contributed by atoms with van der Waals surface area (Å²) >= 11 is 1.77. The number of nitrogens with one attached hydrogen (secondary N) is 1. The first-order chi connectivity index (χ1) is 9.49. The minimum Gasteiger partial charge on any atom is -0.314 e. The predicted molar refractivity (Wildman–Crippen MR) is 87.0 cm³/mol. The number of nitrogens with zero attached hydrogens (tertiary/aromatic N) is 2. The Balaban J connectivity index is 1.87. The second-order valence-electron chi connectivity index (χ2n) is 7.03. The molecule has 1 saturated heterocycles. The lowest BCUT2D eigenvalue weighted by atomic mass is 9.77. The van der Waals surface area contributed by atoms with Gasteiger partial charge in [0.15, 0.2) is 0 Å². The van der Waals surface area contributed by atoms with Crippen LogP contribution in [0.15, 0.2) is 5.38 Å². The van der Waals surface area contributed by atoms with Crippen molar-refractivity contribution in [2.75, 3.05) is 20.1 Å². The van der Waals surface area contributed by atoms with Gasteiger partial charge in [0.25, 0.3) is 0 Å². The van der Waals surface area contributed by atoms with Gasteiger partial charge < -0.3 is 5.32 Å². The maximum Gasteiger partial charge on any atom is 0.107 e. The van der Waals surface area contributed by atoms with Gasteiger partial charge >= 0.3 is 0 Å². The van der Waals surface area contributed by atoms with E-state index in [9.17, 15) is 0 Å². The molecule has 1 atom stereocenters. The van der Waals surface area contributed by atoms with Gasteiger partial charge in [-0.05, 0) is 50.7 Å². The summed E-state index contributed by atoms with van der Waals surface area (Å²) in [5, 5.41) is 6.59. The minimum atomic E-state index is 0.455. The van der Waals surface area contributed by atoms with Crippen molar-refractivity contribution in [3.8, 4) is 0 Å². The highest BCUT2D eigenvalue weighted by atomic mass is 32.1. The summed E-state index contributed by atoms with van der Waals surface area (Å²) in [6.45, 7) is 11.5. The van der Waals surface area contributed by atoms with E-state index in [0.29, 0.717) is 5.41 Å². The molecule has 0 bridgehead atoms. The van der Waals surface area contributed by atoms with E-state index in [2.05, 4.69) is 36.4 Å². The van der Waals surface area contributed by atoms with Gasteiger partial charge in [0.2, 0.25) is 0 Å². The molecule has 0 amide bonds. The van der Waals surface area contributed by atoms with Gasteiger partial charge in [-0.1, -0.05) is 20.8 Å². The number of aromatic nitrogens is 1. The van der Waals surface area contributed by atoms with Crippen LogP contribution in [-0.4, -0.2) is 30.0 Å². The molecule has 2 heterocycles. The van der Waals surface area contributed by atoms with Crippen molar-refractivity contribution in [2.45, 2.75) is 53.1 Å². The summed E-state index contributed by atoms with van der Waals surface area (Å²) in [6, 6.07) is 0. The highest BCUT2D eigenvalue weighted by Crippen LogP contribution is 2.34. The largest absolute Gasteiger partial charge is 0.314 e. The van der Waals surface area contributed by atoms with Crippen LogP contribution in [0.4, 0.5) is 0 Å². The Hall–Kier alpha value is -0.450. The summed E-state index contributed by atoms with van der Waals surface area (Å²) in [5.41, 5.74) is 1.70. The monoisotopic (exact) mass is 295 g/mol. The number of likely N-dealkylation sites (tertiary alicyclic amines) is 1. The third-order valence-corrected chi connectivity index (χ3v) is 5.26. The Morgan fingerprint density at radius 2 is 2.15 bits per heavy atom. The van der Waals surface area contributed by atoms with Crippen molar-refractivity contribution in [3.63, 3.8) is 0 Å². The van der Waals surface area contributed by atoms with Gasteiger partial charge in [-0.3, -0.25) is 4.90 Å². The average Bonchev–Trinajstić information content (AvgIpc) is 2.65. The van der Waals surface area contributed by atoms with Gasteiger partial charge in [-0.2, -0.15) is 0 Å². The fraction of sp³-hybridized carbons (Fsp3) is 0.812. The molecular formula is C16H29N3S. The second-order valence-corrected chi connectivity index (χ2v) is 7.98. The van der Waals surface area contributed by atoms with Crippen LogP contribution in [0.2, 0.25) is 0 Å². The van der Waals surface area contributed by atoms with Crippen LogP contribution in [0.1, 0.15) is 50.7 Å². The zero-order valence-corrected chi connectivity index (χ0v) is 14.2. The molecule has 0 aliphatic carbocycles. The summed E-state index contributed by atoms with van der Waals surface area (Å²) in [7, 11) is 1.97. The van der Waals surface area contributed by atoms with Gasteiger partial charge in [0.1, 0.15) is 5.01 Å². The predicted octanol–water partition coefficient (Wildman–Crippen LogP) is 3.51. The van der Waals surface area contributed by atoms with Crippen molar-refractivity contribution < 1.29 is 0 Å². The normalized spacial score (nSPS) is 21.9. The second kappa shape index (κ2) is 7.01. The molecule has 1 fully saturated rings. The molecule has 0 saturated carbocycles. The lowest BCUT2D eigenvalue weighted by Gasteiger charge is -2.29. The summed E-state index contributed by atoms with van der Waals surface area (Å²) < 4.78 is 0. The highest BCUT2D eigenvalue weighted by molar-refractivity contribution is 7.09. The fourth-order valence-electron chi connectivity index (χ4n) is 3.06. The van der Waals surface area contributed by atoms with Crippen molar-refractivity contribution in [2.24, 2.45) is 11.3 Å². The Morgan fingerprint density at radius 3 is 2.85 bits per heavy atom. The molecule has 114 valence electrons. The highest BCUT2D eigenvalue weighted by Gasteiger charge is 2.27. The molecule has 2 rings (SSSR count). The Bertz CT molecular complexity index is 408. The molecule has 4 heteroatoms. The van der Waals surface area contributed by atoms with Crippen molar-refractivity contribution in [1.82, 2.24) is 15.2 Å². The first-order valence-corrected chi connectivity index (χ1v) is 8.67. The van der Waals surface area contributed by atoms with Crippen molar-refractivity contribution in [3.05, 3.63) is 16.1 Å². The van der Waals surface area contributed by atoms with Crippen LogP contribution in [-0.2, 0) is 13.1 Å². The van der Waals surface area contributed by atoms with E-state index < -0.39 is 0 Å². The van der Waals surface area contributed by atoms with E-state index in [4.69, 9.17) is 4.98 Å². The van der Waals surface area contributed by atoms with Crippen LogP contribution >= 0.6 is 11.3 Å². The topological polar surface area (TPSA) is 28.2 Å². The third-order valence-electron chi connectivity index (χ3n) is 4.36. The molecule has 20 heavy (non-hydrogen) atoms. The van der Waals surface area contributed by atoms with E-state index >= 15 is 0 Å². The maximum absolute atomic E-state index is 4.71. The first-order valence-electron chi connectivity index (χ1n) is 7.79. The third kappa shape index (κ3) is 4.54. The van der Waals surface area contributed by atoms with Crippen LogP contribution in [0.5, 0.6) is 0 Å². The van der Waals surface area contributed by atoms with Crippen molar-refractivity contribution in [1.29, 1.82) is 0 Å². The summed E-state index contributed by atoms with van der Waals surface area (Å²) in [5.74, 6) is 0.864. The van der Waals surface area contributed by atoms with E-state index in [1.165, 1.54) is 43.1 Å². The number of hydrogen-bond donors (Lipinski definition) is 1. The molecule has 0 spiro atoms. The molecule has 1 aliphatic rings. The quantitative estimate of drug-likeness (QED) is 0.921. The zero-order chi connectivity index (χ0) is 14.6. The van der Waals surface area contributed by atoms with E-state index in [1.54, 1.807) is 11.3 Å². The van der Waals surface area contributed by atoms with Gasteiger partial charge in [-0.15, -0.1) is 11.3 Å². The molecule has 3 nitrogen and oxygen atoms in total. The molecule has 1 unspecified atom stereocenters. The standard InChI is InChI=1S/C16H29N3S/c1-16(2,3)13-6-5-8-19(9-7-13)11-14-12-20-15(18-14)10-17-4/h12-13,17H,5-11H2,1-4H3. The Labute approximate surface area is 127 Å². The lowest BCUT2D eigenvalue weighted by Crippen LogP contribution is -2.26. The lowest BCUT2D eigenvalue weighted by molar-refractivity contribution is 0.206.